The Morgan fingerprint density at radius 2 is 1.91 bits per heavy atom. The lowest BCUT2D eigenvalue weighted by Gasteiger charge is -2.13. The summed E-state index contributed by atoms with van der Waals surface area (Å²) >= 11 is 4.27. The van der Waals surface area contributed by atoms with Gasteiger partial charge in [-0.2, -0.15) is 4.37 Å². The van der Waals surface area contributed by atoms with Gasteiger partial charge in [-0.1, -0.05) is 30.3 Å². The Morgan fingerprint density at radius 1 is 1.15 bits per heavy atom. The Morgan fingerprint density at radius 3 is 2.61 bits per heavy atom. The molecule has 9 heteroatoms. The van der Waals surface area contributed by atoms with Crippen LogP contribution in [0.2, 0.25) is 0 Å². The van der Waals surface area contributed by atoms with E-state index in [1.54, 1.807) is 6.20 Å². The number of thiophene rings is 2. The highest BCUT2D eigenvalue weighted by molar-refractivity contribution is 7.28. The molecule has 33 heavy (non-hydrogen) atoms. The number of carboxylic acids is 1. The molecule has 4 aromatic rings. The Hall–Kier alpha value is -3.19. The van der Waals surface area contributed by atoms with Gasteiger partial charge in [0, 0.05) is 14.3 Å². The molecule has 0 spiro atoms. The predicted molar refractivity (Wildman–Crippen MR) is 131 cm³/mol. The van der Waals surface area contributed by atoms with Crippen LogP contribution in [-0.2, 0) is 14.9 Å². The lowest BCUT2D eigenvalue weighted by atomic mass is 10.1. The van der Waals surface area contributed by atoms with Gasteiger partial charge in [0.2, 0.25) is 0 Å². The van der Waals surface area contributed by atoms with Crippen LogP contribution >= 0.6 is 34.2 Å². The van der Waals surface area contributed by atoms with Crippen molar-refractivity contribution in [2.45, 2.75) is 31.3 Å². The summed E-state index contributed by atoms with van der Waals surface area (Å²) in [7, 11) is 0. The normalized spacial score (nSPS) is 14.8. The van der Waals surface area contributed by atoms with E-state index in [2.05, 4.69) is 21.5 Å². The van der Waals surface area contributed by atoms with Gasteiger partial charge in [0.1, 0.15) is 16.4 Å². The number of hydrogen-bond acceptors (Lipinski definition) is 7. The van der Waals surface area contributed by atoms with E-state index in [0.29, 0.717) is 23.4 Å². The number of benzene rings is 1. The molecule has 166 valence electrons. The van der Waals surface area contributed by atoms with E-state index >= 15 is 0 Å². The quantitative estimate of drug-likeness (QED) is 0.320. The number of nitrogens with zero attached hydrogens (tertiary/aromatic N) is 1. The van der Waals surface area contributed by atoms with Crippen molar-refractivity contribution in [3.63, 3.8) is 0 Å². The maximum absolute atomic E-state index is 12.3. The number of aromatic nitrogens is 1. The molecule has 0 bridgehead atoms. The molecule has 0 saturated heterocycles. The van der Waals surface area contributed by atoms with Gasteiger partial charge < -0.3 is 9.84 Å². The SMILES string of the molecule is CC(OC(=O)Nc1cnsc1C#Cc1cc2sc(C3(C(=O)O)CC3)cc2s1)c1ccccc1. The number of hydrogen-bond donors (Lipinski definition) is 2. The van der Waals surface area contributed by atoms with Crippen LogP contribution in [0.4, 0.5) is 10.5 Å². The maximum Gasteiger partial charge on any atom is 0.412 e. The number of carbonyl (C=O) groups excluding carboxylic acids is 1. The minimum absolute atomic E-state index is 0.382. The molecule has 0 radical (unpaired) electrons. The van der Waals surface area contributed by atoms with Gasteiger partial charge in [0.25, 0.3) is 0 Å². The highest BCUT2D eigenvalue weighted by Gasteiger charge is 2.53. The number of aliphatic carboxylic acids is 1. The summed E-state index contributed by atoms with van der Waals surface area (Å²) in [5.74, 6) is 5.48. The molecule has 1 saturated carbocycles. The first-order valence-corrected chi connectivity index (χ1v) is 12.6. The Balaban J connectivity index is 1.27. The fraction of sp³-hybridized carbons (Fsp3) is 0.208. The van der Waals surface area contributed by atoms with Crippen molar-refractivity contribution in [2.24, 2.45) is 0 Å². The number of fused-ring (bicyclic) bond motifs is 1. The van der Waals surface area contributed by atoms with Crippen LogP contribution in [-0.4, -0.2) is 21.5 Å². The molecule has 5 rings (SSSR count). The van der Waals surface area contributed by atoms with Gasteiger partial charge in [-0.3, -0.25) is 10.1 Å². The van der Waals surface area contributed by atoms with Gasteiger partial charge in [0.05, 0.1) is 16.8 Å². The monoisotopic (exact) mass is 494 g/mol. The van der Waals surface area contributed by atoms with Crippen molar-refractivity contribution < 1.29 is 19.4 Å². The van der Waals surface area contributed by atoms with E-state index in [1.165, 1.54) is 34.2 Å². The topological polar surface area (TPSA) is 88.5 Å². The van der Waals surface area contributed by atoms with Crippen LogP contribution < -0.4 is 5.32 Å². The van der Waals surface area contributed by atoms with Gasteiger partial charge in [-0.05, 0) is 60.8 Å². The molecule has 1 aromatic carbocycles. The van der Waals surface area contributed by atoms with Gasteiger partial charge in [-0.25, -0.2) is 4.79 Å². The summed E-state index contributed by atoms with van der Waals surface area (Å²) in [6.07, 6.45) is 2.02. The average molecular weight is 495 g/mol. The standard InChI is InChI=1S/C24H18N2O4S3/c1-14(15-5-3-2-4-6-15)30-23(29)26-17-13-25-33-18(17)8-7-16-11-19-20(31-16)12-21(32-19)24(9-10-24)22(27)28/h2-6,11-14H,9-10H2,1H3,(H,26,29)(H,27,28). The number of rotatable bonds is 5. The van der Waals surface area contributed by atoms with Crippen molar-refractivity contribution in [2.75, 3.05) is 5.32 Å². The zero-order valence-corrected chi connectivity index (χ0v) is 19.9. The average Bonchev–Trinajstić information content (AvgIpc) is 3.12. The van der Waals surface area contributed by atoms with Crippen LogP contribution in [0.1, 0.15) is 46.1 Å². The third kappa shape index (κ3) is 4.37. The largest absolute Gasteiger partial charge is 0.481 e. The molecule has 1 amide bonds. The van der Waals surface area contributed by atoms with Crippen molar-refractivity contribution in [1.29, 1.82) is 0 Å². The molecular formula is C24H18N2O4S3. The van der Waals surface area contributed by atoms with Crippen LogP contribution in [0, 0.1) is 11.8 Å². The molecule has 1 unspecified atom stereocenters. The summed E-state index contributed by atoms with van der Waals surface area (Å²) < 4.78 is 11.7. The number of carbonyl (C=O) groups is 2. The number of nitrogens with one attached hydrogen (secondary N) is 1. The summed E-state index contributed by atoms with van der Waals surface area (Å²) in [5, 5.41) is 12.2. The zero-order valence-electron chi connectivity index (χ0n) is 17.5. The van der Waals surface area contributed by atoms with E-state index < -0.39 is 17.5 Å². The number of carboxylic acid groups (broad SMARTS) is 1. The maximum atomic E-state index is 12.3. The molecule has 2 N–H and O–H groups in total. The van der Waals surface area contributed by atoms with Crippen molar-refractivity contribution in [1.82, 2.24) is 4.37 Å². The molecule has 3 heterocycles. The molecule has 3 aromatic heterocycles. The minimum Gasteiger partial charge on any atom is -0.481 e. The van der Waals surface area contributed by atoms with E-state index in [1.807, 2.05) is 49.4 Å². The predicted octanol–water partition coefficient (Wildman–Crippen LogP) is 6.25. The summed E-state index contributed by atoms with van der Waals surface area (Å²) in [4.78, 5) is 26.3. The first-order valence-electron chi connectivity index (χ1n) is 10.2. The van der Waals surface area contributed by atoms with E-state index in [9.17, 15) is 14.7 Å². The van der Waals surface area contributed by atoms with Crippen LogP contribution in [0.3, 0.4) is 0 Å². The highest BCUT2D eigenvalue weighted by atomic mass is 32.1. The lowest BCUT2D eigenvalue weighted by molar-refractivity contribution is -0.139. The fourth-order valence-electron chi connectivity index (χ4n) is 3.45. The van der Waals surface area contributed by atoms with Gasteiger partial charge >= 0.3 is 12.1 Å². The molecule has 1 atom stereocenters. The molecule has 1 aliphatic rings. The van der Waals surface area contributed by atoms with Gasteiger partial charge in [-0.15, -0.1) is 22.7 Å². The van der Waals surface area contributed by atoms with Gasteiger partial charge in [0.15, 0.2) is 0 Å². The third-order valence-electron chi connectivity index (χ3n) is 5.50. The van der Waals surface area contributed by atoms with Crippen molar-refractivity contribution in [3.05, 3.63) is 68.9 Å². The second-order valence-electron chi connectivity index (χ2n) is 7.74. The first-order chi connectivity index (χ1) is 15.9. The first kappa shape index (κ1) is 21.6. The number of anilines is 1. The third-order valence-corrected chi connectivity index (χ3v) is 8.63. The highest BCUT2D eigenvalue weighted by Crippen LogP contribution is 2.52. The van der Waals surface area contributed by atoms with E-state index in [0.717, 1.165) is 24.7 Å². The van der Waals surface area contributed by atoms with E-state index in [4.69, 9.17) is 4.74 Å². The molecule has 0 aliphatic heterocycles. The summed E-state index contributed by atoms with van der Waals surface area (Å²) in [5.41, 5.74) is 0.744. The Bertz CT molecular complexity index is 1370. The fourth-order valence-corrected chi connectivity index (χ4v) is 6.50. The lowest BCUT2D eigenvalue weighted by Crippen LogP contribution is -2.17. The van der Waals surface area contributed by atoms with E-state index in [-0.39, 0.29) is 6.10 Å². The minimum atomic E-state index is -0.738. The molecular weight excluding hydrogens is 476 g/mol. The van der Waals surface area contributed by atoms with Crippen LogP contribution in [0.15, 0.2) is 48.7 Å². The summed E-state index contributed by atoms with van der Waals surface area (Å²) in [6.45, 7) is 1.82. The molecule has 1 fully saturated rings. The van der Waals surface area contributed by atoms with Crippen LogP contribution in [0.25, 0.3) is 9.40 Å². The van der Waals surface area contributed by atoms with Crippen molar-refractivity contribution in [3.8, 4) is 11.8 Å². The number of amides is 1. The van der Waals surface area contributed by atoms with Crippen molar-refractivity contribution >= 4 is 61.4 Å². The smallest absolute Gasteiger partial charge is 0.412 e. The Labute approximate surface area is 202 Å². The molecule has 6 nitrogen and oxygen atoms in total. The zero-order chi connectivity index (χ0) is 23.0. The second kappa shape index (κ2) is 8.63. The van der Waals surface area contributed by atoms with Crippen LogP contribution in [0.5, 0.6) is 0 Å². The molecule has 1 aliphatic carbocycles. The number of ether oxygens (including phenoxy) is 1. The second-order valence-corrected chi connectivity index (χ2v) is 10.7. The Kier molecular flexibility index (Phi) is 5.66. The summed E-state index contributed by atoms with van der Waals surface area (Å²) in [6, 6.07) is 13.5.